The van der Waals surface area contributed by atoms with E-state index in [1.807, 2.05) is 6.07 Å². The van der Waals surface area contributed by atoms with Crippen molar-refractivity contribution in [3.8, 4) is 11.6 Å². The predicted molar refractivity (Wildman–Crippen MR) is 80.4 cm³/mol. The molecule has 0 saturated heterocycles. The van der Waals surface area contributed by atoms with Gasteiger partial charge >= 0.3 is 0 Å². The summed E-state index contributed by atoms with van der Waals surface area (Å²) in [6.07, 6.45) is 1.72. The lowest BCUT2D eigenvalue weighted by Crippen LogP contribution is -2.21. The van der Waals surface area contributed by atoms with Gasteiger partial charge in [-0.25, -0.2) is 9.37 Å². The van der Waals surface area contributed by atoms with Crippen molar-refractivity contribution in [1.29, 1.82) is 0 Å². The highest BCUT2D eigenvalue weighted by molar-refractivity contribution is 9.10. The molecule has 0 radical (unpaired) electrons. The molecule has 20 heavy (non-hydrogen) atoms. The molecule has 5 heteroatoms. The highest BCUT2D eigenvalue weighted by atomic mass is 79.9. The number of hydrogen-bond donors (Lipinski definition) is 1. The van der Waals surface area contributed by atoms with Crippen molar-refractivity contribution in [2.75, 3.05) is 0 Å². The molecule has 3 nitrogen and oxygen atoms in total. The number of halogens is 2. The van der Waals surface area contributed by atoms with Crippen molar-refractivity contribution in [2.24, 2.45) is 0 Å². The standard InChI is InChI=1S/C15H16BrFN2O/c1-10(2)18-8-11-3-6-15(19-9-11)20-14-5-4-12(16)7-13(14)17/h3-7,9-10,18H,8H2,1-2H3. The minimum absolute atomic E-state index is 0.161. The van der Waals surface area contributed by atoms with Crippen LogP contribution in [0.4, 0.5) is 4.39 Å². The van der Waals surface area contributed by atoms with Crippen LogP contribution in [0.15, 0.2) is 41.0 Å². The van der Waals surface area contributed by atoms with E-state index in [1.165, 1.54) is 6.07 Å². The summed E-state index contributed by atoms with van der Waals surface area (Å²) in [6, 6.07) is 8.71. The van der Waals surface area contributed by atoms with Crippen LogP contribution in [0.5, 0.6) is 11.6 Å². The Hall–Kier alpha value is -1.46. The number of benzene rings is 1. The van der Waals surface area contributed by atoms with Gasteiger partial charge in [0.25, 0.3) is 0 Å². The lowest BCUT2D eigenvalue weighted by molar-refractivity contribution is 0.426. The Kier molecular flexibility index (Phi) is 5.09. The molecule has 0 fully saturated rings. The van der Waals surface area contributed by atoms with Crippen LogP contribution in [-0.2, 0) is 6.54 Å². The van der Waals surface area contributed by atoms with Crippen LogP contribution in [0, 0.1) is 5.82 Å². The van der Waals surface area contributed by atoms with E-state index < -0.39 is 5.82 Å². The van der Waals surface area contributed by atoms with Gasteiger partial charge in [-0.15, -0.1) is 0 Å². The first kappa shape index (κ1) is 14.9. The van der Waals surface area contributed by atoms with Crippen LogP contribution in [-0.4, -0.2) is 11.0 Å². The number of hydrogen-bond acceptors (Lipinski definition) is 3. The second kappa shape index (κ2) is 6.81. The Balaban J connectivity index is 2.03. The van der Waals surface area contributed by atoms with Crippen molar-refractivity contribution in [3.63, 3.8) is 0 Å². The molecule has 2 rings (SSSR count). The van der Waals surface area contributed by atoms with Crippen LogP contribution < -0.4 is 10.1 Å². The fourth-order valence-corrected chi connectivity index (χ4v) is 1.90. The van der Waals surface area contributed by atoms with Gasteiger partial charge in [0.15, 0.2) is 11.6 Å². The lowest BCUT2D eigenvalue weighted by Gasteiger charge is -2.09. The van der Waals surface area contributed by atoms with E-state index in [0.717, 1.165) is 12.1 Å². The summed E-state index contributed by atoms with van der Waals surface area (Å²) >= 11 is 3.20. The quantitative estimate of drug-likeness (QED) is 0.883. The number of aromatic nitrogens is 1. The van der Waals surface area contributed by atoms with Crippen molar-refractivity contribution in [2.45, 2.75) is 26.4 Å². The Bertz CT molecular complexity index is 573. The maximum absolute atomic E-state index is 13.6. The third-order valence-corrected chi connectivity index (χ3v) is 3.11. The zero-order valence-electron chi connectivity index (χ0n) is 11.4. The number of pyridine rings is 1. The first-order valence-corrected chi connectivity index (χ1v) is 7.15. The van der Waals surface area contributed by atoms with Crippen LogP contribution in [0.2, 0.25) is 0 Å². The van der Waals surface area contributed by atoms with E-state index in [0.29, 0.717) is 16.4 Å². The van der Waals surface area contributed by atoms with Gasteiger partial charge in [-0.2, -0.15) is 0 Å². The fraction of sp³-hybridized carbons (Fsp3) is 0.267. The fourth-order valence-electron chi connectivity index (χ4n) is 1.57. The zero-order chi connectivity index (χ0) is 14.5. The third-order valence-electron chi connectivity index (χ3n) is 2.62. The first-order valence-electron chi connectivity index (χ1n) is 6.36. The molecular weight excluding hydrogens is 323 g/mol. The molecule has 0 aliphatic carbocycles. The molecule has 1 N–H and O–H groups in total. The Morgan fingerprint density at radius 3 is 2.70 bits per heavy atom. The van der Waals surface area contributed by atoms with Gasteiger partial charge in [0, 0.05) is 29.3 Å². The lowest BCUT2D eigenvalue weighted by atomic mass is 10.2. The molecule has 0 aliphatic heterocycles. The highest BCUT2D eigenvalue weighted by Crippen LogP contribution is 2.25. The van der Waals surface area contributed by atoms with E-state index >= 15 is 0 Å². The van der Waals surface area contributed by atoms with Crippen molar-refractivity contribution in [3.05, 3.63) is 52.4 Å². The molecule has 0 amide bonds. The predicted octanol–water partition coefficient (Wildman–Crippen LogP) is 4.27. The Morgan fingerprint density at radius 1 is 1.30 bits per heavy atom. The van der Waals surface area contributed by atoms with Crippen LogP contribution in [0.25, 0.3) is 0 Å². The molecule has 0 atom stereocenters. The molecule has 0 spiro atoms. The average Bonchev–Trinajstić information content (AvgIpc) is 2.41. The molecule has 1 heterocycles. The molecule has 106 valence electrons. The summed E-state index contributed by atoms with van der Waals surface area (Å²) in [7, 11) is 0. The molecule has 0 saturated carbocycles. The molecule has 0 aliphatic rings. The minimum Gasteiger partial charge on any atom is -0.436 e. The topological polar surface area (TPSA) is 34.1 Å². The summed E-state index contributed by atoms with van der Waals surface area (Å²) in [4.78, 5) is 4.17. The SMILES string of the molecule is CC(C)NCc1ccc(Oc2ccc(Br)cc2F)nc1. The van der Waals surface area contributed by atoms with Gasteiger partial charge in [0.2, 0.25) is 5.88 Å². The van der Waals surface area contributed by atoms with E-state index in [9.17, 15) is 4.39 Å². The molecule has 1 aromatic carbocycles. The van der Waals surface area contributed by atoms with Gasteiger partial charge in [-0.05, 0) is 23.8 Å². The van der Waals surface area contributed by atoms with Crippen molar-refractivity contribution < 1.29 is 9.13 Å². The normalized spacial score (nSPS) is 10.8. The highest BCUT2D eigenvalue weighted by Gasteiger charge is 2.06. The molecule has 2 aromatic rings. The smallest absolute Gasteiger partial charge is 0.219 e. The third kappa shape index (κ3) is 4.28. The number of nitrogens with one attached hydrogen (secondary N) is 1. The van der Waals surface area contributed by atoms with Gasteiger partial charge in [-0.3, -0.25) is 0 Å². The van der Waals surface area contributed by atoms with E-state index in [2.05, 4.69) is 40.1 Å². The Morgan fingerprint density at radius 2 is 2.10 bits per heavy atom. The number of ether oxygens (including phenoxy) is 1. The zero-order valence-corrected chi connectivity index (χ0v) is 12.9. The largest absolute Gasteiger partial charge is 0.436 e. The monoisotopic (exact) mass is 338 g/mol. The molecular formula is C15H16BrFN2O. The second-order valence-electron chi connectivity index (χ2n) is 4.72. The Labute approximate surface area is 126 Å². The molecule has 0 unspecified atom stereocenters. The van der Waals surface area contributed by atoms with Crippen molar-refractivity contribution in [1.82, 2.24) is 10.3 Å². The van der Waals surface area contributed by atoms with Gasteiger partial charge in [0.05, 0.1) is 0 Å². The van der Waals surface area contributed by atoms with Crippen LogP contribution in [0.1, 0.15) is 19.4 Å². The maximum atomic E-state index is 13.6. The van der Waals surface area contributed by atoms with Gasteiger partial charge in [0.1, 0.15) is 0 Å². The number of nitrogens with zero attached hydrogens (tertiary/aromatic N) is 1. The summed E-state index contributed by atoms with van der Waals surface area (Å²) in [5.41, 5.74) is 1.06. The molecule has 0 bridgehead atoms. The number of rotatable bonds is 5. The van der Waals surface area contributed by atoms with Gasteiger partial charge < -0.3 is 10.1 Å². The summed E-state index contributed by atoms with van der Waals surface area (Å²) in [5, 5.41) is 3.30. The van der Waals surface area contributed by atoms with Crippen LogP contribution in [0.3, 0.4) is 0 Å². The summed E-state index contributed by atoms with van der Waals surface area (Å²) in [6.45, 7) is 4.92. The second-order valence-corrected chi connectivity index (χ2v) is 5.63. The van der Waals surface area contributed by atoms with E-state index in [-0.39, 0.29) is 5.75 Å². The first-order chi connectivity index (χ1) is 9.54. The van der Waals surface area contributed by atoms with Gasteiger partial charge in [-0.1, -0.05) is 35.8 Å². The summed E-state index contributed by atoms with van der Waals surface area (Å²) in [5.74, 6) is 0.111. The van der Waals surface area contributed by atoms with Crippen molar-refractivity contribution >= 4 is 15.9 Å². The molecule has 1 aromatic heterocycles. The summed E-state index contributed by atoms with van der Waals surface area (Å²) < 4.78 is 19.7. The average molecular weight is 339 g/mol. The maximum Gasteiger partial charge on any atom is 0.219 e. The van der Waals surface area contributed by atoms with E-state index in [1.54, 1.807) is 24.4 Å². The minimum atomic E-state index is -0.424. The van der Waals surface area contributed by atoms with E-state index in [4.69, 9.17) is 4.74 Å². The van der Waals surface area contributed by atoms with Crippen LogP contribution >= 0.6 is 15.9 Å².